The van der Waals surface area contributed by atoms with E-state index in [1.165, 1.54) is 19.3 Å². The van der Waals surface area contributed by atoms with Crippen LogP contribution in [-0.4, -0.2) is 69.9 Å². The molecule has 5 aromatic carbocycles. The topological polar surface area (TPSA) is 222 Å². The largest absolute Gasteiger partial charge is 0.493 e. The fourth-order valence-electron chi connectivity index (χ4n) is 8.09. The molecule has 1 unspecified atom stereocenters. The van der Waals surface area contributed by atoms with Crippen molar-refractivity contribution in [3.05, 3.63) is 191 Å². The molecule has 0 radical (unpaired) electrons. The smallest absolute Gasteiger partial charge is 0.470 e. The molecule has 19 heteroatoms. The summed E-state index contributed by atoms with van der Waals surface area (Å²) >= 11 is 0. The number of fused-ring (bicyclic) bond motifs is 2. The van der Waals surface area contributed by atoms with E-state index >= 15 is 0 Å². The van der Waals surface area contributed by atoms with E-state index in [0.717, 1.165) is 39.2 Å². The monoisotopic (exact) mass is 1030 g/mol. The summed E-state index contributed by atoms with van der Waals surface area (Å²) in [7, 11) is -7.84. The van der Waals surface area contributed by atoms with Gasteiger partial charge in [-0.2, -0.15) is 0 Å². The van der Waals surface area contributed by atoms with Crippen LogP contribution in [0.4, 0.5) is 0 Å². The van der Waals surface area contributed by atoms with Gasteiger partial charge in [0.2, 0.25) is 0 Å². The van der Waals surface area contributed by atoms with Crippen LogP contribution in [0.3, 0.4) is 0 Å². The van der Waals surface area contributed by atoms with Crippen LogP contribution in [0.2, 0.25) is 0 Å². The van der Waals surface area contributed by atoms with Gasteiger partial charge >= 0.3 is 15.4 Å². The third-order valence-electron chi connectivity index (χ3n) is 11.6. The minimum Gasteiger partial charge on any atom is -0.493 e. The van der Waals surface area contributed by atoms with Gasteiger partial charge in [-0.15, -0.1) is 0 Å². The number of aromatic nitrogens is 6. The number of aromatic amines is 2. The molecule has 73 heavy (non-hydrogen) atoms. The summed E-state index contributed by atoms with van der Waals surface area (Å²) in [5.41, 5.74) is 4.95. The van der Waals surface area contributed by atoms with Crippen LogP contribution in [0.1, 0.15) is 46.1 Å². The fraction of sp³-hybridized carbons (Fsp3) is 0.222. The molecule has 0 amide bonds. The number of hydrogen-bond donors (Lipinski definition) is 4. The molecule has 4 heterocycles. The minimum atomic E-state index is -4.58. The zero-order chi connectivity index (χ0) is 51.8. The third kappa shape index (κ3) is 13.7. The molecule has 0 aliphatic heterocycles. The number of nitrogens with zero attached hydrogens (tertiary/aromatic N) is 4. The van der Waals surface area contributed by atoms with Crippen LogP contribution in [-0.2, 0) is 29.3 Å². The first-order valence-corrected chi connectivity index (χ1v) is 26.8. The van der Waals surface area contributed by atoms with Gasteiger partial charge in [0.1, 0.15) is 11.5 Å². The van der Waals surface area contributed by atoms with Gasteiger partial charge in [-0.3, -0.25) is 18.7 Å². The number of rotatable bonds is 19. The fourth-order valence-corrected chi connectivity index (χ4v) is 10.3. The van der Waals surface area contributed by atoms with Gasteiger partial charge in [0.05, 0.1) is 54.4 Å². The summed E-state index contributed by atoms with van der Waals surface area (Å²) in [6.45, 7) is 9.21. The Bertz CT molecular complexity index is 3500. The summed E-state index contributed by atoms with van der Waals surface area (Å²) < 4.78 is 55.7. The van der Waals surface area contributed by atoms with Crippen molar-refractivity contribution in [3.63, 3.8) is 0 Å². The molecule has 4 aromatic heterocycles. The van der Waals surface area contributed by atoms with Crippen molar-refractivity contribution >= 4 is 37.5 Å². The maximum absolute atomic E-state index is 12.9. The van der Waals surface area contributed by atoms with E-state index in [1.807, 2.05) is 163 Å². The highest BCUT2D eigenvalue weighted by Gasteiger charge is 2.30. The van der Waals surface area contributed by atoms with Crippen molar-refractivity contribution in [2.75, 3.05) is 19.9 Å². The van der Waals surface area contributed by atoms with Crippen LogP contribution in [0, 0.1) is 0 Å². The van der Waals surface area contributed by atoms with E-state index in [2.05, 4.69) is 19.9 Å². The van der Waals surface area contributed by atoms with Gasteiger partial charge in [-0.1, -0.05) is 91.0 Å². The molecule has 4 N–H and O–H groups in total. The third-order valence-corrected chi connectivity index (χ3v) is 13.8. The number of phosphoric ester groups is 1. The lowest BCUT2D eigenvalue weighted by molar-refractivity contribution is 0.0461. The van der Waals surface area contributed by atoms with Gasteiger partial charge in [-0.05, 0) is 92.9 Å². The van der Waals surface area contributed by atoms with Crippen molar-refractivity contribution in [2.45, 2.75) is 58.3 Å². The molecule has 0 aliphatic carbocycles. The van der Waals surface area contributed by atoms with Gasteiger partial charge in [-0.25, -0.2) is 14.5 Å². The summed E-state index contributed by atoms with van der Waals surface area (Å²) in [6, 6.07) is 43.9. The van der Waals surface area contributed by atoms with Crippen LogP contribution in [0.5, 0.6) is 11.5 Å². The lowest BCUT2D eigenvalue weighted by Gasteiger charge is -2.28. The average Bonchev–Trinajstić information content (AvgIpc) is 3.95. The maximum atomic E-state index is 12.9. The number of hydrogen-bond acceptors (Lipinski definition) is 11. The Labute approximate surface area is 421 Å². The van der Waals surface area contributed by atoms with Crippen LogP contribution in [0.15, 0.2) is 174 Å². The predicted molar refractivity (Wildman–Crippen MR) is 282 cm³/mol. The van der Waals surface area contributed by atoms with Crippen LogP contribution >= 0.6 is 15.4 Å². The standard InChI is InChI=1S/C31H32N3O5P.C23H24N3O6P/c1-31(2,39-40(3,36)38-21-23-10-6-4-7-11-23)18-19-37-26-16-14-24(15-17-26)27-20-34(25-12-8-5-9-13-25)29-28(27)30(35)33-22-32-29;1-23(2,32-33(28,29)30)12-13-31-18-10-8-16(9-11-18)19-14-26(17-6-4-3-5-7-17)21-20(19)22(27)25-15-24-21/h4-17,20,22H,18-19,21H2,1-3H3,(H,32,33,35);3-11,14-15H,12-13H2,1-2H3,(H,24,25,27)(H2,28,29,30). The highest BCUT2D eigenvalue weighted by molar-refractivity contribution is 7.53. The van der Waals surface area contributed by atoms with Gasteiger partial charge in [0.15, 0.2) is 11.3 Å². The number of H-pyrrole nitrogens is 2. The normalized spacial score (nSPS) is 12.8. The maximum Gasteiger partial charge on any atom is 0.470 e. The highest BCUT2D eigenvalue weighted by atomic mass is 31.2. The first kappa shape index (κ1) is 52.1. The zero-order valence-electron chi connectivity index (χ0n) is 40.9. The Morgan fingerprint density at radius 2 is 0.959 bits per heavy atom. The molecule has 378 valence electrons. The van der Waals surface area contributed by atoms with E-state index in [1.54, 1.807) is 26.0 Å². The second-order valence-corrected chi connectivity index (χ2v) is 21.5. The summed E-state index contributed by atoms with van der Waals surface area (Å²) in [5.74, 6) is 1.27. The summed E-state index contributed by atoms with van der Waals surface area (Å²) in [5, 5.41) is 1.02. The lowest BCUT2D eigenvalue weighted by Crippen LogP contribution is -2.26. The van der Waals surface area contributed by atoms with E-state index < -0.39 is 26.6 Å². The molecule has 0 fully saturated rings. The van der Waals surface area contributed by atoms with Gasteiger partial charge in [0, 0.05) is 54.4 Å². The molecule has 0 spiro atoms. The molecule has 9 rings (SSSR count). The van der Waals surface area contributed by atoms with Gasteiger partial charge in [0.25, 0.3) is 11.1 Å². The van der Waals surface area contributed by atoms with Crippen LogP contribution < -0.4 is 20.6 Å². The predicted octanol–water partition coefficient (Wildman–Crippen LogP) is 11.0. The van der Waals surface area contributed by atoms with E-state index in [0.29, 0.717) is 46.6 Å². The van der Waals surface area contributed by atoms with E-state index in [4.69, 9.17) is 32.8 Å². The molecule has 0 saturated heterocycles. The Hall–Kier alpha value is -7.20. The zero-order valence-corrected chi connectivity index (χ0v) is 42.7. The van der Waals surface area contributed by atoms with Crippen molar-refractivity contribution < 1.29 is 42.0 Å². The van der Waals surface area contributed by atoms with Crippen molar-refractivity contribution in [1.29, 1.82) is 0 Å². The number of phosphoric acid groups is 1. The number of para-hydroxylation sites is 2. The Morgan fingerprint density at radius 1 is 0.562 bits per heavy atom. The van der Waals surface area contributed by atoms with Crippen molar-refractivity contribution in [3.8, 4) is 45.1 Å². The van der Waals surface area contributed by atoms with Crippen LogP contribution in [0.25, 0.3) is 55.7 Å². The first-order valence-electron chi connectivity index (χ1n) is 23.3. The summed E-state index contributed by atoms with van der Waals surface area (Å²) in [6.07, 6.45) is 7.42. The lowest BCUT2D eigenvalue weighted by atomic mass is 10.1. The van der Waals surface area contributed by atoms with E-state index in [9.17, 15) is 18.7 Å². The molecule has 0 saturated carbocycles. The SMILES string of the molecule is CC(C)(CCOc1ccc(-c2cn(-c3ccccc3)c3nc[nH]c(=O)c23)cc1)OP(=O)(O)O.CC(C)(CCOc1ccc(-c2cn(-c3ccccc3)c3nc[nH]c(=O)c23)cc1)OP(C)(=O)OCc1ccccc1. The number of ether oxygens (including phenoxy) is 2. The van der Waals surface area contributed by atoms with Gasteiger partial charge < -0.3 is 47.4 Å². The first-order chi connectivity index (χ1) is 34.8. The molecule has 0 aliphatic rings. The quantitative estimate of drug-likeness (QED) is 0.0554. The second-order valence-electron chi connectivity index (χ2n) is 18.3. The van der Waals surface area contributed by atoms with E-state index in [-0.39, 0.29) is 30.8 Å². The molecule has 9 aromatic rings. The molecular formula is C54H56N6O11P2. The molecular weight excluding hydrogens is 971 g/mol. The minimum absolute atomic E-state index is 0.196. The second kappa shape index (κ2) is 22.3. The number of nitrogens with one attached hydrogen (secondary N) is 2. The molecule has 0 bridgehead atoms. The molecule has 1 atom stereocenters. The average molecular weight is 1030 g/mol. The van der Waals surface area contributed by atoms with Crippen molar-refractivity contribution in [1.82, 2.24) is 29.1 Å². The Kier molecular flexibility index (Phi) is 15.9. The highest BCUT2D eigenvalue weighted by Crippen LogP contribution is 2.49. The molecule has 17 nitrogen and oxygen atoms in total. The van der Waals surface area contributed by atoms with Crippen molar-refractivity contribution in [2.24, 2.45) is 0 Å². The summed E-state index contributed by atoms with van der Waals surface area (Å²) in [4.78, 5) is 57.5. The number of benzene rings is 5. The Balaban J connectivity index is 0.000000199. The Morgan fingerprint density at radius 3 is 1.37 bits per heavy atom.